The molecule has 7 nitrogen and oxygen atoms in total. The van der Waals surface area contributed by atoms with Crippen LogP contribution >= 0.6 is 0 Å². The van der Waals surface area contributed by atoms with Gasteiger partial charge in [0, 0.05) is 7.11 Å². The quantitative estimate of drug-likeness (QED) is 0.555. The van der Waals surface area contributed by atoms with Crippen molar-refractivity contribution in [3.8, 4) is 0 Å². The number of ether oxygens (including phenoxy) is 1. The number of methoxy groups -OCH3 is 1. The molecule has 0 atom stereocenters. The Morgan fingerprint density at radius 1 is 0.846 bits per heavy atom. The lowest BCUT2D eigenvalue weighted by molar-refractivity contribution is 0.189. The third kappa shape index (κ3) is 2.88. The predicted molar refractivity (Wildman–Crippen MR) is 42.7 cm³/mol. The van der Waals surface area contributed by atoms with E-state index in [1.807, 2.05) is 0 Å². The van der Waals surface area contributed by atoms with Crippen molar-refractivity contribution < 1.29 is 29.9 Å². The van der Waals surface area contributed by atoms with Crippen LogP contribution < -0.4 is 0 Å². The maximum Gasteiger partial charge on any atom is 0.312 e. The van der Waals surface area contributed by atoms with Gasteiger partial charge in [0.25, 0.3) is 0 Å². The molecule has 0 aliphatic carbocycles. The lowest BCUT2D eigenvalue weighted by Gasteiger charge is -2.12. The van der Waals surface area contributed by atoms with E-state index in [0.717, 1.165) is 21.3 Å². The fourth-order valence-corrected chi connectivity index (χ4v) is 2.95. The van der Waals surface area contributed by atoms with Gasteiger partial charge >= 0.3 is 25.0 Å². The number of rotatable bonds is 5. The Bertz CT molecular complexity index is 305. The van der Waals surface area contributed by atoms with Gasteiger partial charge in [-0.25, -0.2) is 0 Å². The third-order valence-corrected chi connectivity index (χ3v) is 4.80. The highest BCUT2D eigenvalue weighted by Gasteiger charge is 2.38. The van der Waals surface area contributed by atoms with E-state index in [4.69, 9.17) is 0 Å². The van der Waals surface area contributed by atoms with E-state index in [1.54, 1.807) is 0 Å². The zero-order valence-electron chi connectivity index (χ0n) is 7.25. The minimum Gasteiger partial charge on any atom is -0.349 e. The molecule has 0 aromatic heterocycles. The van der Waals surface area contributed by atoms with Gasteiger partial charge in [-0.15, -0.1) is 0 Å². The van der Waals surface area contributed by atoms with Crippen molar-refractivity contribution in [1.29, 1.82) is 0 Å². The minimum absolute atomic E-state index is 0.826. The lowest BCUT2D eigenvalue weighted by Crippen LogP contribution is -2.33. The Morgan fingerprint density at radius 2 is 1.15 bits per heavy atom. The van der Waals surface area contributed by atoms with Crippen LogP contribution in [0.3, 0.4) is 0 Å². The van der Waals surface area contributed by atoms with E-state index in [0.29, 0.717) is 0 Å². The Hall–Kier alpha value is -0.220. The topological polar surface area (TPSA) is 96.0 Å². The van der Waals surface area contributed by atoms with Crippen LogP contribution in [0.15, 0.2) is 0 Å². The first-order valence-electron chi connectivity index (χ1n) is 2.93. The molecule has 0 amide bonds. The number of hydrogen-bond acceptors (Lipinski definition) is 7. The average Bonchev–Trinajstić information content (AvgIpc) is 2.05. The van der Waals surface area contributed by atoms with Crippen molar-refractivity contribution >= 4 is 20.2 Å². The van der Waals surface area contributed by atoms with Gasteiger partial charge in [-0.1, -0.05) is 0 Å². The summed E-state index contributed by atoms with van der Waals surface area (Å²) in [6, 6.07) is 0. The Balaban J connectivity index is 5.18. The van der Waals surface area contributed by atoms with Crippen molar-refractivity contribution in [1.82, 2.24) is 0 Å². The third-order valence-electron chi connectivity index (χ3n) is 1.13. The van der Waals surface area contributed by atoms with Crippen molar-refractivity contribution in [2.24, 2.45) is 0 Å². The largest absolute Gasteiger partial charge is 0.349 e. The zero-order chi connectivity index (χ0) is 10.7. The summed E-state index contributed by atoms with van der Waals surface area (Å²) < 4.78 is 53.7. The van der Waals surface area contributed by atoms with Gasteiger partial charge in [-0.2, -0.15) is 16.8 Å². The highest BCUT2D eigenvalue weighted by atomic mass is 32.3. The standard InChI is InChI=1S/C4H10O7S2/c1-9-4(12(5,6)10-2)13(7,8)11-3/h4H,1-3H3. The summed E-state index contributed by atoms with van der Waals surface area (Å²) in [5.74, 6) is 0. The van der Waals surface area contributed by atoms with Gasteiger partial charge in [0.2, 0.25) is 0 Å². The van der Waals surface area contributed by atoms with Crippen molar-refractivity contribution in [2.45, 2.75) is 4.77 Å². The summed E-state index contributed by atoms with van der Waals surface area (Å²) in [7, 11) is -6.06. The first kappa shape index (κ1) is 12.8. The first-order chi connectivity index (χ1) is 5.81. The lowest BCUT2D eigenvalue weighted by atomic mass is 11.5. The summed E-state index contributed by atoms with van der Waals surface area (Å²) >= 11 is 0. The molecule has 0 spiro atoms. The Morgan fingerprint density at radius 3 is 1.31 bits per heavy atom. The molecule has 0 saturated carbocycles. The monoisotopic (exact) mass is 234 g/mol. The van der Waals surface area contributed by atoms with Crippen LogP contribution in [0.2, 0.25) is 0 Å². The summed E-state index contributed by atoms with van der Waals surface area (Å²) in [4.78, 5) is 0. The fourth-order valence-electron chi connectivity index (χ4n) is 0.537. The summed E-state index contributed by atoms with van der Waals surface area (Å²) in [6.45, 7) is 0. The molecular weight excluding hydrogens is 224 g/mol. The predicted octanol–water partition coefficient (Wildman–Crippen LogP) is -1.13. The van der Waals surface area contributed by atoms with E-state index in [9.17, 15) is 16.8 Å². The summed E-state index contributed by atoms with van der Waals surface area (Å²) in [5, 5.41) is 0. The van der Waals surface area contributed by atoms with Crippen LogP contribution in [0.25, 0.3) is 0 Å². The molecule has 0 fully saturated rings. The van der Waals surface area contributed by atoms with E-state index >= 15 is 0 Å². The highest BCUT2D eigenvalue weighted by Crippen LogP contribution is 2.12. The van der Waals surface area contributed by atoms with Crippen LogP contribution in [0, 0.1) is 0 Å². The molecule has 0 aliphatic heterocycles. The van der Waals surface area contributed by atoms with Gasteiger partial charge in [0.1, 0.15) is 0 Å². The minimum atomic E-state index is -4.32. The molecule has 0 aliphatic rings. The second-order valence-corrected chi connectivity index (χ2v) is 5.64. The Kier molecular flexibility index (Phi) is 4.26. The van der Waals surface area contributed by atoms with Crippen molar-refractivity contribution in [3.05, 3.63) is 0 Å². The van der Waals surface area contributed by atoms with Crippen LogP contribution in [0.1, 0.15) is 0 Å². The molecule has 0 N–H and O–H groups in total. The number of hydrogen-bond donors (Lipinski definition) is 0. The second-order valence-electron chi connectivity index (χ2n) is 1.84. The van der Waals surface area contributed by atoms with Gasteiger partial charge < -0.3 is 4.74 Å². The van der Waals surface area contributed by atoms with E-state index in [-0.39, 0.29) is 0 Å². The van der Waals surface area contributed by atoms with Crippen LogP contribution in [0.4, 0.5) is 0 Å². The second kappa shape index (κ2) is 4.33. The van der Waals surface area contributed by atoms with E-state index in [2.05, 4.69) is 13.1 Å². The Labute approximate surface area is 76.8 Å². The fraction of sp³-hybridized carbons (Fsp3) is 1.00. The molecule has 0 heterocycles. The maximum atomic E-state index is 10.9. The molecule has 0 aromatic carbocycles. The highest BCUT2D eigenvalue weighted by molar-refractivity contribution is 8.04. The van der Waals surface area contributed by atoms with Gasteiger partial charge in [0.05, 0.1) is 14.2 Å². The van der Waals surface area contributed by atoms with E-state index < -0.39 is 25.0 Å². The van der Waals surface area contributed by atoms with Gasteiger partial charge in [-0.3, -0.25) is 8.37 Å². The molecule has 0 rings (SSSR count). The summed E-state index contributed by atoms with van der Waals surface area (Å²) in [6.07, 6.45) is 0. The smallest absolute Gasteiger partial charge is 0.312 e. The maximum absolute atomic E-state index is 10.9. The first-order valence-corrected chi connectivity index (χ1v) is 5.87. The van der Waals surface area contributed by atoms with Crippen LogP contribution in [0.5, 0.6) is 0 Å². The van der Waals surface area contributed by atoms with Crippen LogP contribution in [-0.4, -0.2) is 42.9 Å². The molecule has 80 valence electrons. The normalized spacial score (nSPS) is 13.5. The molecule has 0 bridgehead atoms. The van der Waals surface area contributed by atoms with Crippen molar-refractivity contribution in [3.63, 3.8) is 0 Å². The van der Waals surface area contributed by atoms with Gasteiger partial charge in [-0.05, 0) is 0 Å². The average molecular weight is 234 g/mol. The SMILES string of the molecule is COC(S(=O)(=O)OC)S(=O)(=O)OC. The molecule has 9 heteroatoms. The zero-order valence-corrected chi connectivity index (χ0v) is 8.88. The summed E-state index contributed by atoms with van der Waals surface area (Å²) in [5.41, 5.74) is 0. The van der Waals surface area contributed by atoms with Gasteiger partial charge in [0.15, 0.2) is 0 Å². The molecule has 0 aromatic rings. The molecule has 0 saturated heterocycles. The van der Waals surface area contributed by atoms with E-state index in [1.165, 1.54) is 0 Å². The molecule has 13 heavy (non-hydrogen) atoms. The van der Waals surface area contributed by atoms with Crippen LogP contribution in [-0.2, 0) is 33.3 Å². The van der Waals surface area contributed by atoms with Crippen molar-refractivity contribution in [2.75, 3.05) is 21.3 Å². The molecule has 0 unspecified atom stereocenters. The molecular formula is C4H10O7S2. The molecule has 0 radical (unpaired) electrons.